The largest absolute Gasteiger partial charge is 0.462 e. The maximum atomic E-state index is 12.9. The van der Waals surface area contributed by atoms with Crippen LogP contribution < -0.4 is 0 Å². The third kappa shape index (κ3) is 65.7. The van der Waals surface area contributed by atoms with E-state index in [4.69, 9.17) is 14.2 Å². The van der Waals surface area contributed by atoms with Gasteiger partial charge >= 0.3 is 17.9 Å². The van der Waals surface area contributed by atoms with Crippen molar-refractivity contribution in [3.8, 4) is 0 Å². The maximum absolute atomic E-state index is 12.9. The lowest BCUT2D eigenvalue weighted by atomic mass is 10.1. The molecule has 6 nitrogen and oxygen atoms in total. The van der Waals surface area contributed by atoms with Crippen LogP contribution in [0.2, 0.25) is 0 Å². The molecule has 0 bridgehead atoms. The van der Waals surface area contributed by atoms with E-state index in [0.717, 1.165) is 173 Å². The first-order chi connectivity index (χ1) is 40.0. The van der Waals surface area contributed by atoms with Crippen LogP contribution in [-0.4, -0.2) is 37.2 Å². The zero-order chi connectivity index (χ0) is 58.5. The number of carbonyl (C=O) groups is 3. The molecule has 0 aliphatic heterocycles. The van der Waals surface area contributed by atoms with Crippen LogP contribution >= 0.6 is 0 Å². The van der Waals surface area contributed by atoms with Gasteiger partial charge in [-0.3, -0.25) is 14.4 Å². The van der Waals surface area contributed by atoms with E-state index in [-0.39, 0.29) is 31.1 Å². The van der Waals surface area contributed by atoms with E-state index in [1.807, 2.05) is 0 Å². The van der Waals surface area contributed by atoms with Gasteiger partial charge in [-0.2, -0.15) is 0 Å². The van der Waals surface area contributed by atoms with Crippen LogP contribution in [-0.2, 0) is 28.6 Å². The monoisotopic (exact) mass is 1120 g/mol. The van der Waals surface area contributed by atoms with Crippen molar-refractivity contribution in [2.24, 2.45) is 0 Å². The normalized spacial score (nSPS) is 13.2. The molecule has 0 radical (unpaired) electrons. The van der Waals surface area contributed by atoms with E-state index in [2.05, 4.69) is 179 Å². The van der Waals surface area contributed by atoms with Gasteiger partial charge in [-0.15, -0.1) is 0 Å². The van der Waals surface area contributed by atoms with Crippen molar-refractivity contribution in [2.75, 3.05) is 13.2 Å². The highest BCUT2D eigenvalue weighted by Gasteiger charge is 2.19. The first-order valence-corrected chi connectivity index (χ1v) is 33.0. The molecule has 0 N–H and O–H groups in total. The Morgan fingerprint density at radius 3 is 0.765 bits per heavy atom. The summed E-state index contributed by atoms with van der Waals surface area (Å²) in [5.74, 6) is -0.934. The van der Waals surface area contributed by atoms with Crippen molar-refractivity contribution in [1.82, 2.24) is 0 Å². The molecule has 0 spiro atoms. The summed E-state index contributed by atoms with van der Waals surface area (Å²) >= 11 is 0. The minimum Gasteiger partial charge on any atom is -0.462 e. The third-order valence-electron chi connectivity index (χ3n) is 13.5. The van der Waals surface area contributed by atoms with Gasteiger partial charge in [-0.05, 0) is 141 Å². The summed E-state index contributed by atoms with van der Waals surface area (Å²) in [4.78, 5) is 38.3. The second-order valence-corrected chi connectivity index (χ2v) is 21.3. The van der Waals surface area contributed by atoms with Crippen molar-refractivity contribution >= 4 is 17.9 Å². The molecule has 0 aromatic heterocycles. The molecule has 6 heteroatoms. The zero-order valence-electron chi connectivity index (χ0n) is 52.2. The Bertz CT molecular complexity index is 1810. The number of rotatable bonds is 58. The molecule has 456 valence electrons. The number of hydrogen-bond acceptors (Lipinski definition) is 6. The molecule has 1 unspecified atom stereocenters. The van der Waals surface area contributed by atoms with E-state index in [1.165, 1.54) is 64.2 Å². The second kappa shape index (κ2) is 67.5. The maximum Gasteiger partial charge on any atom is 0.306 e. The van der Waals surface area contributed by atoms with Crippen LogP contribution in [0.4, 0.5) is 0 Å². The first kappa shape index (κ1) is 76.0. The van der Waals surface area contributed by atoms with Gasteiger partial charge in [-0.1, -0.05) is 275 Å². The zero-order valence-corrected chi connectivity index (χ0v) is 52.2. The lowest BCUT2D eigenvalue weighted by molar-refractivity contribution is -0.167. The fourth-order valence-electron chi connectivity index (χ4n) is 8.61. The molecule has 0 aromatic rings. The van der Waals surface area contributed by atoms with E-state index in [9.17, 15) is 14.4 Å². The minimum absolute atomic E-state index is 0.0974. The fourth-order valence-corrected chi connectivity index (χ4v) is 8.61. The van der Waals surface area contributed by atoms with E-state index < -0.39 is 6.10 Å². The van der Waals surface area contributed by atoms with Crippen molar-refractivity contribution in [2.45, 2.75) is 284 Å². The summed E-state index contributed by atoms with van der Waals surface area (Å²) in [5, 5.41) is 0. The van der Waals surface area contributed by atoms with E-state index in [0.29, 0.717) is 19.3 Å². The second-order valence-electron chi connectivity index (χ2n) is 21.3. The quantitative estimate of drug-likeness (QED) is 0.0261. The predicted octanol–water partition coefficient (Wildman–Crippen LogP) is 22.9. The predicted molar refractivity (Wildman–Crippen MR) is 352 cm³/mol. The fraction of sp³-hybridized carbons (Fsp3) is 0.613. The van der Waals surface area contributed by atoms with Crippen molar-refractivity contribution in [3.05, 3.63) is 158 Å². The van der Waals surface area contributed by atoms with Crippen LogP contribution in [0.25, 0.3) is 0 Å². The molecule has 0 aliphatic carbocycles. The summed E-state index contributed by atoms with van der Waals surface area (Å²) in [7, 11) is 0. The van der Waals surface area contributed by atoms with Crippen LogP contribution in [0.1, 0.15) is 278 Å². The number of allylic oxidation sites excluding steroid dienone is 26. The van der Waals surface area contributed by atoms with E-state index in [1.54, 1.807) is 0 Å². The van der Waals surface area contributed by atoms with E-state index >= 15 is 0 Å². The van der Waals surface area contributed by atoms with Gasteiger partial charge in [0, 0.05) is 19.3 Å². The molecular formula is C75H120O6. The van der Waals surface area contributed by atoms with Crippen molar-refractivity contribution in [1.29, 1.82) is 0 Å². The van der Waals surface area contributed by atoms with Crippen LogP contribution in [0.5, 0.6) is 0 Å². The van der Waals surface area contributed by atoms with Crippen LogP contribution in [0, 0.1) is 0 Å². The molecule has 0 fully saturated rings. The topological polar surface area (TPSA) is 78.9 Å². The molecule has 0 aliphatic rings. The third-order valence-corrected chi connectivity index (χ3v) is 13.5. The molecule has 0 heterocycles. The molecule has 1 atom stereocenters. The smallest absolute Gasteiger partial charge is 0.306 e. The molecular weight excluding hydrogens is 997 g/mol. The van der Waals surface area contributed by atoms with Crippen LogP contribution in [0.3, 0.4) is 0 Å². The van der Waals surface area contributed by atoms with Gasteiger partial charge in [0.1, 0.15) is 13.2 Å². The van der Waals surface area contributed by atoms with Crippen molar-refractivity contribution < 1.29 is 28.6 Å². The lowest BCUT2D eigenvalue weighted by Gasteiger charge is -2.18. The first-order valence-electron chi connectivity index (χ1n) is 33.0. The summed E-state index contributed by atoms with van der Waals surface area (Å²) in [6.45, 7) is 6.34. The average Bonchev–Trinajstić information content (AvgIpc) is 3.47. The Kier molecular flexibility index (Phi) is 63.4. The average molecular weight is 1120 g/mol. The van der Waals surface area contributed by atoms with Crippen molar-refractivity contribution in [3.63, 3.8) is 0 Å². The Morgan fingerprint density at radius 1 is 0.259 bits per heavy atom. The summed E-state index contributed by atoms with van der Waals surface area (Å²) in [6.07, 6.45) is 98.2. The highest BCUT2D eigenvalue weighted by Crippen LogP contribution is 2.15. The highest BCUT2D eigenvalue weighted by atomic mass is 16.6. The van der Waals surface area contributed by atoms with Gasteiger partial charge in [-0.25, -0.2) is 0 Å². The Balaban J connectivity index is 4.32. The molecule has 0 amide bonds. The van der Waals surface area contributed by atoms with Gasteiger partial charge in [0.25, 0.3) is 0 Å². The number of ether oxygens (including phenoxy) is 3. The standard InChI is InChI=1S/C75H120O6/c1-4-7-10-13-16-19-22-24-26-28-30-32-33-34-35-36-37-38-39-40-41-43-44-46-48-50-53-56-59-62-65-68-74(77)80-71-72(70-79-73(76)67-64-61-58-55-52-21-18-15-12-9-6-3)81-75(78)69-66-63-60-57-54-51-49-47-45-42-31-29-27-25-23-20-17-14-11-8-5-2/h7-8,10-11,15-20,24-27,30-32,34-35,37-38,40-42,47,49,72H,4-6,9,12-14,21-23,28-29,33,36,39,43-46,48,50-71H2,1-3H3/b10-7-,11-8-,18-15-,19-16-,20-17-,26-24-,27-25-,32-30-,35-34-,38-37-,41-40-,42-31-,49-47-. The minimum atomic E-state index is -0.802. The molecule has 81 heavy (non-hydrogen) atoms. The van der Waals surface area contributed by atoms with Gasteiger partial charge in [0.05, 0.1) is 0 Å². The SMILES string of the molecule is CC/C=C\C/C=C\C/C=C\C/C=C\C/C=C\C/C=C\C/C=C\CCCCCCCCCCCC(=O)OCC(COC(=O)CCCCCCC/C=C\CCCC)OC(=O)CCCCCCC/C=C\C/C=C\C/C=C\C/C=C\C/C=C\CC. The molecule has 0 aromatic carbocycles. The molecule has 0 saturated heterocycles. The summed E-state index contributed by atoms with van der Waals surface area (Å²) in [5.41, 5.74) is 0. The number of hydrogen-bond donors (Lipinski definition) is 0. The summed E-state index contributed by atoms with van der Waals surface area (Å²) in [6, 6.07) is 0. The lowest BCUT2D eigenvalue weighted by Crippen LogP contribution is -2.30. The summed E-state index contributed by atoms with van der Waals surface area (Å²) < 4.78 is 16.9. The number of esters is 3. The highest BCUT2D eigenvalue weighted by molar-refractivity contribution is 5.71. The van der Waals surface area contributed by atoms with Gasteiger partial charge < -0.3 is 14.2 Å². The molecule has 0 saturated carbocycles. The van der Waals surface area contributed by atoms with Gasteiger partial charge in [0.2, 0.25) is 0 Å². The Hall–Kier alpha value is -4.97. The number of unbranched alkanes of at least 4 members (excludes halogenated alkanes) is 21. The van der Waals surface area contributed by atoms with Gasteiger partial charge in [0.15, 0.2) is 6.10 Å². The Labute approximate surface area is 499 Å². The Morgan fingerprint density at radius 2 is 0.481 bits per heavy atom. The number of carbonyl (C=O) groups excluding carboxylic acids is 3. The van der Waals surface area contributed by atoms with Crippen LogP contribution in [0.15, 0.2) is 158 Å². The molecule has 0 rings (SSSR count).